The highest BCUT2D eigenvalue weighted by molar-refractivity contribution is 9.10. The van der Waals surface area contributed by atoms with Gasteiger partial charge in [0.1, 0.15) is 6.61 Å². The van der Waals surface area contributed by atoms with Crippen LogP contribution in [0.2, 0.25) is 0 Å². The minimum absolute atomic E-state index is 0.159. The van der Waals surface area contributed by atoms with Gasteiger partial charge >= 0.3 is 5.97 Å². The average Bonchev–Trinajstić information content (AvgIpc) is 3.37. The molecule has 0 radical (unpaired) electrons. The Kier molecular flexibility index (Phi) is 10.5. The smallest absolute Gasteiger partial charge is 0.338 e. The van der Waals surface area contributed by atoms with Crippen molar-refractivity contribution in [1.82, 2.24) is 4.57 Å². The lowest BCUT2D eigenvalue weighted by atomic mass is 9.95. The van der Waals surface area contributed by atoms with Crippen molar-refractivity contribution >= 4 is 39.3 Å². The lowest BCUT2D eigenvalue weighted by Gasteiger charge is -2.26. The molecule has 0 saturated heterocycles. The number of benzene rings is 3. The summed E-state index contributed by atoms with van der Waals surface area (Å²) < 4.78 is 30.9. The van der Waals surface area contributed by atoms with E-state index in [2.05, 4.69) is 27.0 Å². The molecule has 10 nitrogen and oxygen atoms in total. The fourth-order valence-electron chi connectivity index (χ4n) is 5.23. The highest BCUT2D eigenvalue weighted by atomic mass is 79.9. The van der Waals surface area contributed by atoms with E-state index in [1.807, 2.05) is 25.1 Å². The molecule has 12 heteroatoms. The molecule has 0 N–H and O–H groups in total. The summed E-state index contributed by atoms with van der Waals surface area (Å²) >= 11 is 4.83. The summed E-state index contributed by atoms with van der Waals surface area (Å²) in [6.45, 7) is 6.07. The number of thiazole rings is 1. The number of allylic oxidation sites excluding steroid dienone is 1. The van der Waals surface area contributed by atoms with E-state index in [1.165, 1.54) is 30.1 Å². The van der Waals surface area contributed by atoms with Gasteiger partial charge in [-0.25, -0.2) is 9.79 Å². The number of fused-ring (bicyclic) bond motifs is 1. The summed E-state index contributed by atoms with van der Waals surface area (Å²) in [5.74, 6) is 1.36. The van der Waals surface area contributed by atoms with Crippen molar-refractivity contribution in [2.75, 3.05) is 27.4 Å². The van der Waals surface area contributed by atoms with Gasteiger partial charge in [-0.3, -0.25) is 9.36 Å². The molecule has 0 saturated carbocycles. The van der Waals surface area contributed by atoms with Gasteiger partial charge in [0, 0.05) is 10.0 Å². The SMILES string of the molecule is CCOC(=O)C1=C(C)N=c2s/c(=C\c3ccc(OCc4ccccc4C#N)c(OCC)c3)c(=O)n2[C@@H]1c1cc(OC)c(OC)cc1Br. The first-order chi connectivity index (χ1) is 22.7. The van der Waals surface area contributed by atoms with Crippen molar-refractivity contribution in [2.24, 2.45) is 4.99 Å². The number of halogens is 1. The molecule has 1 atom stereocenters. The Labute approximate surface area is 283 Å². The highest BCUT2D eigenvalue weighted by Gasteiger charge is 2.35. The number of esters is 1. The average molecular weight is 719 g/mol. The molecule has 2 heterocycles. The predicted molar refractivity (Wildman–Crippen MR) is 181 cm³/mol. The lowest BCUT2D eigenvalue weighted by Crippen LogP contribution is -2.40. The molecule has 0 amide bonds. The molecular formula is C35H32BrN3O7S. The van der Waals surface area contributed by atoms with Crippen LogP contribution in [0.4, 0.5) is 0 Å². The number of ether oxygens (including phenoxy) is 5. The van der Waals surface area contributed by atoms with E-state index in [-0.39, 0.29) is 24.3 Å². The number of nitriles is 1. The normalized spacial score (nSPS) is 14.1. The van der Waals surface area contributed by atoms with Crippen molar-refractivity contribution < 1.29 is 28.5 Å². The molecule has 1 aliphatic rings. The summed E-state index contributed by atoms with van der Waals surface area (Å²) in [7, 11) is 3.05. The van der Waals surface area contributed by atoms with Crippen LogP contribution in [-0.4, -0.2) is 38.0 Å². The summed E-state index contributed by atoms with van der Waals surface area (Å²) in [5.41, 5.74) is 2.96. The van der Waals surface area contributed by atoms with Gasteiger partial charge in [0.05, 0.1) is 60.9 Å². The molecule has 0 bridgehead atoms. The van der Waals surface area contributed by atoms with Crippen LogP contribution in [0.3, 0.4) is 0 Å². The van der Waals surface area contributed by atoms with Gasteiger partial charge in [-0.15, -0.1) is 0 Å². The molecule has 1 aromatic heterocycles. The fourth-order valence-corrected chi connectivity index (χ4v) is 6.82. The van der Waals surface area contributed by atoms with Crippen LogP contribution in [0.15, 0.2) is 80.1 Å². The number of aromatic nitrogens is 1. The molecular weight excluding hydrogens is 686 g/mol. The first-order valence-electron chi connectivity index (χ1n) is 14.7. The summed E-state index contributed by atoms with van der Waals surface area (Å²) in [4.78, 5) is 32.6. The van der Waals surface area contributed by atoms with Gasteiger partial charge in [-0.2, -0.15) is 5.26 Å². The Morgan fingerprint density at radius 2 is 1.77 bits per heavy atom. The maximum Gasteiger partial charge on any atom is 0.338 e. The molecule has 5 rings (SSSR count). The van der Waals surface area contributed by atoms with Gasteiger partial charge < -0.3 is 23.7 Å². The number of carbonyl (C=O) groups excluding carboxylic acids is 1. The Morgan fingerprint density at radius 1 is 1.02 bits per heavy atom. The molecule has 1 aliphatic heterocycles. The largest absolute Gasteiger partial charge is 0.493 e. The van der Waals surface area contributed by atoms with Crippen molar-refractivity contribution in [3.63, 3.8) is 0 Å². The van der Waals surface area contributed by atoms with Gasteiger partial charge in [0.15, 0.2) is 27.8 Å². The number of rotatable bonds is 11. The van der Waals surface area contributed by atoms with Crippen LogP contribution in [0.5, 0.6) is 23.0 Å². The van der Waals surface area contributed by atoms with Gasteiger partial charge in [-0.05, 0) is 68.3 Å². The van der Waals surface area contributed by atoms with E-state index in [0.29, 0.717) is 65.8 Å². The number of hydrogen-bond acceptors (Lipinski definition) is 10. The van der Waals surface area contributed by atoms with Crippen LogP contribution < -0.4 is 33.8 Å². The minimum Gasteiger partial charge on any atom is -0.493 e. The zero-order chi connectivity index (χ0) is 33.7. The first-order valence-corrected chi connectivity index (χ1v) is 16.3. The third kappa shape index (κ3) is 6.82. The van der Waals surface area contributed by atoms with E-state index in [1.54, 1.807) is 56.3 Å². The van der Waals surface area contributed by atoms with E-state index in [4.69, 9.17) is 23.7 Å². The third-order valence-electron chi connectivity index (χ3n) is 7.40. The Morgan fingerprint density at radius 3 is 2.47 bits per heavy atom. The van der Waals surface area contributed by atoms with Crippen LogP contribution in [-0.2, 0) is 16.1 Å². The lowest BCUT2D eigenvalue weighted by molar-refractivity contribution is -0.139. The number of carbonyl (C=O) groups is 1. The monoisotopic (exact) mass is 717 g/mol. The van der Waals surface area contributed by atoms with E-state index in [0.717, 1.165) is 5.56 Å². The van der Waals surface area contributed by atoms with Crippen molar-refractivity contribution in [2.45, 2.75) is 33.4 Å². The number of hydrogen-bond donors (Lipinski definition) is 0. The molecule has 47 heavy (non-hydrogen) atoms. The van der Waals surface area contributed by atoms with Gasteiger partial charge in [0.25, 0.3) is 5.56 Å². The van der Waals surface area contributed by atoms with E-state index in [9.17, 15) is 14.9 Å². The standard InChI is InChI=1S/C35H32BrN3O7S/c1-6-44-29-14-21(12-13-26(29)46-19-23-11-9-8-10-22(23)18-37)15-30-33(40)39-32(24-16-27(42-4)28(43-5)17-25(24)36)31(34(41)45-7-2)20(3)38-35(39)47-30/h8-17,32H,6-7,19H2,1-5H3/b30-15-/t32-/m1/s1. The van der Waals surface area contributed by atoms with Gasteiger partial charge in [0.2, 0.25) is 0 Å². The fraction of sp³-hybridized carbons (Fsp3) is 0.257. The second-order valence-electron chi connectivity index (χ2n) is 10.2. The minimum atomic E-state index is -0.854. The van der Waals surface area contributed by atoms with Crippen molar-refractivity contribution in [3.8, 4) is 29.1 Å². The molecule has 0 unspecified atom stereocenters. The number of methoxy groups -OCH3 is 2. The second-order valence-corrected chi connectivity index (χ2v) is 12.1. The maximum atomic E-state index is 14.2. The van der Waals surface area contributed by atoms with Crippen LogP contribution in [0.25, 0.3) is 6.08 Å². The van der Waals surface area contributed by atoms with Crippen LogP contribution in [0, 0.1) is 11.3 Å². The molecule has 0 fully saturated rings. The Hall–Kier alpha value is -4.86. The molecule has 4 aromatic rings. The summed E-state index contributed by atoms with van der Waals surface area (Å²) in [5, 5.41) is 9.43. The molecule has 0 spiro atoms. The summed E-state index contributed by atoms with van der Waals surface area (Å²) in [6, 6.07) is 17.4. The zero-order valence-corrected chi connectivity index (χ0v) is 28.9. The van der Waals surface area contributed by atoms with E-state index >= 15 is 0 Å². The number of nitrogens with zero attached hydrogens (tertiary/aromatic N) is 3. The molecule has 242 valence electrons. The summed E-state index contributed by atoms with van der Waals surface area (Å²) in [6.07, 6.45) is 1.76. The maximum absolute atomic E-state index is 14.2. The Balaban J connectivity index is 1.60. The Bertz CT molecular complexity index is 2100. The van der Waals surface area contributed by atoms with Crippen LogP contribution in [0.1, 0.15) is 49.1 Å². The highest BCUT2D eigenvalue weighted by Crippen LogP contribution is 2.41. The molecule has 0 aliphatic carbocycles. The first kappa shape index (κ1) is 33.5. The van der Waals surface area contributed by atoms with E-state index < -0.39 is 12.0 Å². The van der Waals surface area contributed by atoms with Crippen molar-refractivity contribution in [1.29, 1.82) is 5.26 Å². The topological polar surface area (TPSA) is 121 Å². The third-order valence-corrected chi connectivity index (χ3v) is 9.07. The van der Waals surface area contributed by atoms with Crippen molar-refractivity contribution in [3.05, 3.63) is 112 Å². The van der Waals surface area contributed by atoms with Crippen LogP contribution >= 0.6 is 27.3 Å². The molecule has 3 aromatic carbocycles. The van der Waals surface area contributed by atoms with Gasteiger partial charge in [-0.1, -0.05) is 51.5 Å². The predicted octanol–water partition coefficient (Wildman–Crippen LogP) is 5.43. The second kappa shape index (κ2) is 14.7. The zero-order valence-electron chi connectivity index (χ0n) is 26.5. The quantitative estimate of drug-likeness (QED) is 0.189.